The number of aromatic nitrogens is 2. The maximum Gasteiger partial charge on any atom is 0.255 e. The lowest BCUT2D eigenvalue weighted by atomic mass is 10.1. The molecule has 0 atom stereocenters. The van der Waals surface area contributed by atoms with E-state index in [1.54, 1.807) is 24.7 Å². The monoisotopic (exact) mass is 445 g/mol. The molecule has 166 valence electrons. The highest BCUT2D eigenvalue weighted by atomic mass is 16.1. The summed E-state index contributed by atoms with van der Waals surface area (Å²) in [5.74, 6) is -0.172. The molecule has 0 bridgehead atoms. The second kappa shape index (κ2) is 9.42. The zero-order chi connectivity index (χ0) is 23.3. The van der Waals surface area contributed by atoms with Crippen LogP contribution in [0.4, 0.5) is 28.4 Å². The maximum absolute atomic E-state index is 12.8. The van der Waals surface area contributed by atoms with E-state index >= 15 is 0 Å². The lowest BCUT2D eigenvalue weighted by molar-refractivity contribution is 0.102. The van der Waals surface area contributed by atoms with E-state index < -0.39 is 0 Å². The summed E-state index contributed by atoms with van der Waals surface area (Å²) in [7, 11) is 0. The van der Waals surface area contributed by atoms with Crippen molar-refractivity contribution in [3.8, 4) is 0 Å². The summed E-state index contributed by atoms with van der Waals surface area (Å²) in [4.78, 5) is 21.3. The minimum atomic E-state index is -0.172. The molecule has 34 heavy (non-hydrogen) atoms. The van der Waals surface area contributed by atoms with Crippen molar-refractivity contribution in [3.63, 3.8) is 0 Å². The van der Waals surface area contributed by atoms with Crippen LogP contribution in [0.5, 0.6) is 0 Å². The van der Waals surface area contributed by atoms with Gasteiger partial charge in [-0.2, -0.15) is 0 Å². The molecule has 0 spiro atoms. The van der Waals surface area contributed by atoms with E-state index in [9.17, 15) is 4.79 Å². The molecule has 3 aromatic carbocycles. The molecule has 0 radical (unpaired) electrons. The molecule has 3 N–H and O–H groups in total. The summed E-state index contributed by atoms with van der Waals surface area (Å²) in [5.41, 5.74) is 7.07. The Labute approximate surface area is 197 Å². The van der Waals surface area contributed by atoms with Gasteiger partial charge in [0.05, 0.1) is 5.52 Å². The van der Waals surface area contributed by atoms with Gasteiger partial charge >= 0.3 is 0 Å². The Hall–Kier alpha value is -4.71. The number of anilines is 5. The first-order valence-corrected chi connectivity index (χ1v) is 10.9. The van der Waals surface area contributed by atoms with Gasteiger partial charge in [0.15, 0.2) is 0 Å². The van der Waals surface area contributed by atoms with Crippen LogP contribution in [0.1, 0.15) is 15.9 Å². The fourth-order valence-corrected chi connectivity index (χ4v) is 3.70. The topological polar surface area (TPSA) is 78.9 Å². The van der Waals surface area contributed by atoms with Crippen molar-refractivity contribution in [2.24, 2.45) is 0 Å². The van der Waals surface area contributed by atoms with Gasteiger partial charge in [0.1, 0.15) is 0 Å². The van der Waals surface area contributed by atoms with Crippen molar-refractivity contribution in [1.82, 2.24) is 9.97 Å². The third kappa shape index (κ3) is 4.86. The maximum atomic E-state index is 12.8. The number of fused-ring (bicyclic) bond motifs is 1. The highest BCUT2D eigenvalue weighted by molar-refractivity contribution is 6.05. The molecule has 0 aliphatic rings. The lowest BCUT2D eigenvalue weighted by Crippen LogP contribution is -2.12. The Bertz CT molecular complexity index is 1450. The molecular weight excluding hydrogens is 422 g/mol. The standard InChI is InChI=1S/C28H23N5O/c1-19-5-10-26-25(17-19)27(13-16-30-26)32-21-6-8-22(9-7-21)33-28(34)20-3-2-4-24(18-20)31-23-11-14-29-15-12-23/h2-18H,1H3,(H,29,31)(H,30,32)(H,33,34). The number of benzene rings is 3. The number of nitrogens with zero attached hydrogens (tertiary/aromatic N) is 2. The van der Waals surface area contributed by atoms with Gasteiger partial charge in [0, 0.05) is 58.0 Å². The zero-order valence-corrected chi connectivity index (χ0v) is 18.6. The van der Waals surface area contributed by atoms with Crippen molar-refractivity contribution in [2.75, 3.05) is 16.0 Å². The minimum Gasteiger partial charge on any atom is -0.355 e. The molecule has 5 aromatic rings. The SMILES string of the molecule is Cc1ccc2nccc(Nc3ccc(NC(=O)c4cccc(Nc5ccncc5)c4)cc3)c2c1. The van der Waals surface area contributed by atoms with E-state index in [0.29, 0.717) is 5.56 Å². The largest absolute Gasteiger partial charge is 0.355 e. The Balaban J connectivity index is 1.27. The number of pyridine rings is 2. The number of carbonyl (C=O) groups is 1. The molecule has 0 unspecified atom stereocenters. The van der Waals surface area contributed by atoms with Crippen molar-refractivity contribution >= 4 is 45.2 Å². The van der Waals surface area contributed by atoms with Crippen LogP contribution in [0.25, 0.3) is 10.9 Å². The van der Waals surface area contributed by atoms with E-state index in [1.165, 1.54) is 5.56 Å². The number of rotatable bonds is 6. The highest BCUT2D eigenvalue weighted by Crippen LogP contribution is 2.27. The Morgan fingerprint density at radius 3 is 2.29 bits per heavy atom. The van der Waals surface area contributed by atoms with Crippen molar-refractivity contribution in [1.29, 1.82) is 0 Å². The molecule has 0 fully saturated rings. The molecule has 1 amide bonds. The molecule has 0 saturated heterocycles. The average molecular weight is 446 g/mol. The minimum absolute atomic E-state index is 0.172. The van der Waals surface area contributed by atoms with Crippen molar-refractivity contribution < 1.29 is 4.79 Å². The van der Waals surface area contributed by atoms with Gasteiger partial charge < -0.3 is 16.0 Å². The molecular formula is C28H23N5O. The summed E-state index contributed by atoms with van der Waals surface area (Å²) >= 11 is 0. The van der Waals surface area contributed by atoms with E-state index in [2.05, 4.69) is 45.0 Å². The molecule has 0 aliphatic heterocycles. The van der Waals surface area contributed by atoms with Gasteiger partial charge in [-0.15, -0.1) is 0 Å². The van der Waals surface area contributed by atoms with Gasteiger partial charge in [-0.3, -0.25) is 14.8 Å². The number of nitrogens with one attached hydrogen (secondary N) is 3. The van der Waals surface area contributed by atoms with Crippen LogP contribution in [0.3, 0.4) is 0 Å². The first-order chi connectivity index (χ1) is 16.6. The second-order valence-corrected chi connectivity index (χ2v) is 7.98. The normalized spacial score (nSPS) is 10.6. The van der Waals surface area contributed by atoms with Crippen LogP contribution >= 0.6 is 0 Å². The van der Waals surface area contributed by atoms with E-state index in [1.807, 2.05) is 66.7 Å². The predicted molar refractivity (Wildman–Crippen MR) is 138 cm³/mol. The third-order valence-electron chi connectivity index (χ3n) is 5.41. The van der Waals surface area contributed by atoms with E-state index in [4.69, 9.17) is 0 Å². The molecule has 5 rings (SSSR count). The van der Waals surface area contributed by atoms with Crippen LogP contribution in [0.15, 0.2) is 104 Å². The smallest absolute Gasteiger partial charge is 0.255 e. The van der Waals surface area contributed by atoms with Gasteiger partial charge in [-0.25, -0.2) is 0 Å². The number of aryl methyl sites for hydroxylation is 1. The molecule has 2 aromatic heterocycles. The van der Waals surface area contributed by atoms with E-state index in [0.717, 1.165) is 39.3 Å². The Kier molecular flexibility index (Phi) is 5.86. The molecule has 6 nitrogen and oxygen atoms in total. The quantitative estimate of drug-likeness (QED) is 0.272. The fourth-order valence-electron chi connectivity index (χ4n) is 3.70. The number of hydrogen-bond donors (Lipinski definition) is 3. The molecule has 6 heteroatoms. The zero-order valence-electron chi connectivity index (χ0n) is 18.6. The number of carbonyl (C=O) groups excluding carboxylic acids is 1. The summed E-state index contributed by atoms with van der Waals surface area (Å²) in [6.07, 6.45) is 5.23. The van der Waals surface area contributed by atoms with Crippen molar-refractivity contribution in [3.05, 3.63) is 115 Å². The first-order valence-electron chi connectivity index (χ1n) is 10.9. The lowest BCUT2D eigenvalue weighted by Gasteiger charge is -2.12. The summed E-state index contributed by atoms with van der Waals surface area (Å²) in [6, 6.07) is 26.9. The van der Waals surface area contributed by atoms with Gasteiger partial charge in [-0.05, 0) is 79.7 Å². The first kappa shape index (κ1) is 21.2. The second-order valence-electron chi connectivity index (χ2n) is 7.98. The van der Waals surface area contributed by atoms with Crippen LogP contribution in [0, 0.1) is 6.92 Å². The van der Waals surface area contributed by atoms with Crippen molar-refractivity contribution in [2.45, 2.75) is 6.92 Å². The Morgan fingerprint density at radius 1 is 0.706 bits per heavy atom. The average Bonchev–Trinajstić information content (AvgIpc) is 2.86. The predicted octanol–water partition coefficient (Wildman–Crippen LogP) is 6.68. The number of hydrogen-bond acceptors (Lipinski definition) is 5. The molecule has 0 saturated carbocycles. The van der Waals surface area contributed by atoms with Crippen LogP contribution in [0.2, 0.25) is 0 Å². The van der Waals surface area contributed by atoms with Gasteiger partial charge in [-0.1, -0.05) is 17.7 Å². The Morgan fingerprint density at radius 2 is 1.47 bits per heavy atom. The molecule has 0 aliphatic carbocycles. The summed E-state index contributed by atoms with van der Waals surface area (Å²) in [5, 5.41) is 10.8. The third-order valence-corrected chi connectivity index (χ3v) is 5.41. The van der Waals surface area contributed by atoms with Crippen LogP contribution in [-0.2, 0) is 0 Å². The summed E-state index contributed by atoms with van der Waals surface area (Å²) in [6.45, 7) is 2.07. The van der Waals surface area contributed by atoms with Crippen LogP contribution in [-0.4, -0.2) is 15.9 Å². The summed E-state index contributed by atoms with van der Waals surface area (Å²) < 4.78 is 0. The van der Waals surface area contributed by atoms with Gasteiger partial charge in [0.2, 0.25) is 0 Å². The van der Waals surface area contributed by atoms with Gasteiger partial charge in [0.25, 0.3) is 5.91 Å². The number of amides is 1. The molecule has 2 heterocycles. The fraction of sp³-hybridized carbons (Fsp3) is 0.0357. The van der Waals surface area contributed by atoms with E-state index in [-0.39, 0.29) is 5.91 Å². The highest BCUT2D eigenvalue weighted by Gasteiger charge is 2.08. The van der Waals surface area contributed by atoms with Crippen LogP contribution < -0.4 is 16.0 Å².